The van der Waals surface area contributed by atoms with Crippen molar-refractivity contribution < 1.29 is 0 Å². The highest BCUT2D eigenvalue weighted by atomic mass is 35.5. The summed E-state index contributed by atoms with van der Waals surface area (Å²) in [6.45, 7) is 6.19. The molecule has 13 heavy (non-hydrogen) atoms. The summed E-state index contributed by atoms with van der Waals surface area (Å²) in [6.07, 6.45) is 1.74. The molecule has 0 radical (unpaired) electrons. The minimum atomic E-state index is 0.299. The highest BCUT2D eigenvalue weighted by Gasteiger charge is 2.10. The number of nitrogens with zero attached hydrogens (tertiary/aromatic N) is 3. The summed E-state index contributed by atoms with van der Waals surface area (Å²) in [5, 5.41) is 0.299. The van der Waals surface area contributed by atoms with Gasteiger partial charge in [-0.3, -0.25) is 0 Å². The van der Waals surface area contributed by atoms with E-state index < -0.39 is 0 Å². The lowest BCUT2D eigenvalue weighted by molar-refractivity contribution is 0.738. The molecule has 0 saturated carbocycles. The van der Waals surface area contributed by atoms with Gasteiger partial charge in [0.1, 0.15) is 5.82 Å². The summed E-state index contributed by atoms with van der Waals surface area (Å²) in [4.78, 5) is 10.2. The first-order chi connectivity index (χ1) is 6.02. The molecule has 0 atom stereocenters. The normalized spacial score (nSPS) is 10.6. The molecular weight excluding hydrogens is 186 g/mol. The van der Waals surface area contributed by atoms with E-state index in [0.29, 0.717) is 11.3 Å². The second kappa shape index (κ2) is 3.92. The van der Waals surface area contributed by atoms with Gasteiger partial charge < -0.3 is 4.90 Å². The zero-order valence-corrected chi connectivity index (χ0v) is 9.13. The van der Waals surface area contributed by atoms with Crippen molar-refractivity contribution >= 4 is 17.4 Å². The lowest BCUT2D eigenvalue weighted by atomic mass is 10.3. The molecular formula is C9H14ClN3. The zero-order chi connectivity index (χ0) is 10.0. The molecule has 1 aromatic rings. The van der Waals surface area contributed by atoms with Crippen molar-refractivity contribution in [2.75, 3.05) is 11.9 Å². The molecule has 1 aromatic heterocycles. The van der Waals surface area contributed by atoms with Gasteiger partial charge in [0.2, 0.25) is 5.28 Å². The van der Waals surface area contributed by atoms with Gasteiger partial charge in [-0.05, 0) is 32.4 Å². The molecule has 4 heteroatoms. The molecule has 0 amide bonds. The fourth-order valence-corrected chi connectivity index (χ4v) is 1.14. The summed E-state index contributed by atoms with van der Waals surface area (Å²) >= 11 is 5.72. The minimum absolute atomic E-state index is 0.299. The largest absolute Gasteiger partial charge is 0.357 e. The van der Waals surface area contributed by atoms with Crippen molar-refractivity contribution in [2.24, 2.45) is 0 Å². The van der Waals surface area contributed by atoms with E-state index in [4.69, 9.17) is 11.6 Å². The van der Waals surface area contributed by atoms with Crippen LogP contribution in [0, 0.1) is 6.92 Å². The Morgan fingerprint density at radius 3 is 2.62 bits per heavy atom. The SMILES string of the molecule is Cc1cnc(Cl)nc1N(C)C(C)C. The molecule has 72 valence electrons. The van der Waals surface area contributed by atoms with E-state index in [-0.39, 0.29) is 0 Å². The van der Waals surface area contributed by atoms with Gasteiger partial charge in [0.05, 0.1) is 0 Å². The topological polar surface area (TPSA) is 29.0 Å². The second-order valence-corrected chi connectivity index (χ2v) is 3.69. The first kappa shape index (κ1) is 10.3. The summed E-state index contributed by atoms with van der Waals surface area (Å²) in [6, 6.07) is 0.407. The number of rotatable bonds is 2. The average molecular weight is 200 g/mol. The molecule has 1 rings (SSSR count). The molecule has 1 heterocycles. The fourth-order valence-electron chi connectivity index (χ4n) is 1.01. The Balaban J connectivity index is 3.05. The highest BCUT2D eigenvalue weighted by Crippen LogP contribution is 2.18. The van der Waals surface area contributed by atoms with Gasteiger partial charge in [-0.1, -0.05) is 0 Å². The summed E-state index contributed by atoms with van der Waals surface area (Å²) in [5.41, 5.74) is 1.04. The lowest BCUT2D eigenvalue weighted by Crippen LogP contribution is -2.27. The van der Waals surface area contributed by atoms with Crippen molar-refractivity contribution in [3.05, 3.63) is 17.0 Å². The van der Waals surface area contributed by atoms with Crippen molar-refractivity contribution in [2.45, 2.75) is 26.8 Å². The molecule has 0 unspecified atom stereocenters. The van der Waals surface area contributed by atoms with Crippen molar-refractivity contribution in [1.29, 1.82) is 0 Å². The van der Waals surface area contributed by atoms with E-state index in [2.05, 4.69) is 28.7 Å². The van der Waals surface area contributed by atoms with Crippen LogP contribution in [-0.2, 0) is 0 Å². The van der Waals surface area contributed by atoms with Crippen LogP contribution < -0.4 is 4.90 Å². The van der Waals surface area contributed by atoms with Gasteiger partial charge >= 0.3 is 0 Å². The fraction of sp³-hybridized carbons (Fsp3) is 0.556. The van der Waals surface area contributed by atoms with Crippen LogP contribution in [0.1, 0.15) is 19.4 Å². The summed E-state index contributed by atoms with van der Waals surface area (Å²) in [5.74, 6) is 0.898. The predicted octanol–water partition coefficient (Wildman–Crippen LogP) is 2.28. The Kier molecular flexibility index (Phi) is 3.09. The van der Waals surface area contributed by atoms with E-state index >= 15 is 0 Å². The van der Waals surface area contributed by atoms with Crippen LogP contribution in [0.3, 0.4) is 0 Å². The van der Waals surface area contributed by atoms with Gasteiger partial charge in [-0.2, -0.15) is 0 Å². The monoisotopic (exact) mass is 199 g/mol. The molecule has 0 aliphatic heterocycles. The molecule has 0 saturated heterocycles. The molecule has 0 N–H and O–H groups in total. The average Bonchev–Trinajstić information content (AvgIpc) is 2.08. The Bertz CT molecular complexity index is 299. The molecule has 0 aliphatic carbocycles. The zero-order valence-electron chi connectivity index (χ0n) is 8.37. The van der Waals surface area contributed by atoms with Crippen LogP contribution in [-0.4, -0.2) is 23.1 Å². The lowest BCUT2D eigenvalue weighted by Gasteiger charge is -2.23. The number of aromatic nitrogens is 2. The van der Waals surface area contributed by atoms with Crippen LogP contribution in [0.15, 0.2) is 6.20 Å². The van der Waals surface area contributed by atoms with Crippen LogP contribution in [0.4, 0.5) is 5.82 Å². The van der Waals surface area contributed by atoms with Crippen molar-refractivity contribution in [3.63, 3.8) is 0 Å². The Hall–Kier alpha value is -0.830. The van der Waals surface area contributed by atoms with Crippen LogP contribution in [0.5, 0.6) is 0 Å². The first-order valence-electron chi connectivity index (χ1n) is 4.24. The molecule has 3 nitrogen and oxygen atoms in total. The number of aryl methyl sites for hydroxylation is 1. The van der Waals surface area contributed by atoms with Gasteiger partial charge in [-0.25, -0.2) is 9.97 Å². The first-order valence-corrected chi connectivity index (χ1v) is 4.62. The molecule has 0 aliphatic rings. The minimum Gasteiger partial charge on any atom is -0.357 e. The van der Waals surface area contributed by atoms with Crippen LogP contribution >= 0.6 is 11.6 Å². The molecule has 0 spiro atoms. The van der Waals surface area contributed by atoms with E-state index in [0.717, 1.165) is 11.4 Å². The Labute approximate surface area is 83.8 Å². The summed E-state index contributed by atoms with van der Waals surface area (Å²) < 4.78 is 0. The van der Waals surface area contributed by atoms with Crippen LogP contribution in [0.25, 0.3) is 0 Å². The number of halogens is 1. The van der Waals surface area contributed by atoms with Gasteiger partial charge in [0, 0.05) is 24.8 Å². The maximum absolute atomic E-state index is 5.72. The van der Waals surface area contributed by atoms with Gasteiger partial charge in [0.15, 0.2) is 0 Å². The molecule has 0 fully saturated rings. The Morgan fingerprint density at radius 2 is 2.08 bits per heavy atom. The van der Waals surface area contributed by atoms with Gasteiger partial charge in [-0.15, -0.1) is 0 Å². The summed E-state index contributed by atoms with van der Waals surface area (Å²) in [7, 11) is 2.00. The maximum atomic E-state index is 5.72. The molecule has 0 aromatic carbocycles. The third kappa shape index (κ3) is 2.31. The highest BCUT2D eigenvalue weighted by molar-refractivity contribution is 6.28. The number of hydrogen-bond donors (Lipinski definition) is 0. The van der Waals surface area contributed by atoms with Crippen molar-refractivity contribution in [3.8, 4) is 0 Å². The Morgan fingerprint density at radius 1 is 1.46 bits per heavy atom. The second-order valence-electron chi connectivity index (χ2n) is 3.35. The van der Waals surface area contributed by atoms with Crippen LogP contribution in [0.2, 0.25) is 5.28 Å². The third-order valence-electron chi connectivity index (χ3n) is 2.02. The number of hydrogen-bond acceptors (Lipinski definition) is 3. The van der Waals surface area contributed by atoms with Gasteiger partial charge in [0.25, 0.3) is 0 Å². The predicted molar refractivity (Wildman–Crippen MR) is 55.3 cm³/mol. The maximum Gasteiger partial charge on any atom is 0.224 e. The number of anilines is 1. The van der Waals surface area contributed by atoms with E-state index in [1.165, 1.54) is 0 Å². The standard InChI is InChI=1S/C9H14ClN3/c1-6(2)13(4)8-7(3)5-11-9(10)12-8/h5-6H,1-4H3. The third-order valence-corrected chi connectivity index (χ3v) is 2.21. The molecule has 0 bridgehead atoms. The quantitative estimate of drug-likeness (QED) is 0.685. The van der Waals surface area contributed by atoms with E-state index in [1.807, 2.05) is 14.0 Å². The van der Waals surface area contributed by atoms with E-state index in [9.17, 15) is 0 Å². The van der Waals surface area contributed by atoms with Crippen molar-refractivity contribution in [1.82, 2.24) is 9.97 Å². The smallest absolute Gasteiger partial charge is 0.224 e. The van der Waals surface area contributed by atoms with E-state index in [1.54, 1.807) is 6.20 Å².